The zero-order chi connectivity index (χ0) is 12.1. The molecule has 3 heteroatoms. The summed E-state index contributed by atoms with van der Waals surface area (Å²) >= 11 is 0. The summed E-state index contributed by atoms with van der Waals surface area (Å²) in [4.78, 5) is 0. The van der Waals surface area contributed by atoms with Gasteiger partial charge in [0.15, 0.2) is 11.6 Å². The van der Waals surface area contributed by atoms with Crippen molar-refractivity contribution < 1.29 is 14.2 Å². The predicted molar refractivity (Wildman–Crippen MR) is 63.2 cm³/mol. The number of halogens is 1. The first-order chi connectivity index (χ1) is 8.29. The maximum Gasteiger partial charge on any atom is 0.165 e. The SMILES string of the molecule is OCC#Cc1ccc(F)c(OC2CCCC2)c1. The molecule has 0 aliphatic heterocycles. The monoisotopic (exact) mass is 234 g/mol. The first kappa shape index (κ1) is 11.9. The molecular formula is C14H15FO2. The summed E-state index contributed by atoms with van der Waals surface area (Å²) in [5.41, 5.74) is 0.661. The Bertz CT molecular complexity index is 439. The minimum atomic E-state index is -0.355. The summed E-state index contributed by atoms with van der Waals surface area (Å²) in [6, 6.07) is 4.53. The fraction of sp³-hybridized carbons (Fsp3) is 0.429. The standard InChI is InChI=1S/C14H15FO2/c15-13-8-7-11(4-3-9-16)10-14(13)17-12-5-1-2-6-12/h7-8,10,12,16H,1-2,5-6,9H2. The van der Waals surface area contributed by atoms with E-state index in [1.54, 1.807) is 12.1 Å². The van der Waals surface area contributed by atoms with Gasteiger partial charge in [-0.3, -0.25) is 0 Å². The molecular weight excluding hydrogens is 219 g/mol. The first-order valence-corrected chi connectivity index (χ1v) is 5.85. The van der Waals surface area contributed by atoms with Crippen LogP contribution in [-0.4, -0.2) is 17.8 Å². The van der Waals surface area contributed by atoms with E-state index in [2.05, 4.69) is 11.8 Å². The lowest BCUT2D eigenvalue weighted by Gasteiger charge is -2.13. The van der Waals surface area contributed by atoms with Crippen molar-refractivity contribution in [2.45, 2.75) is 31.8 Å². The van der Waals surface area contributed by atoms with Crippen LogP contribution in [-0.2, 0) is 0 Å². The highest BCUT2D eigenvalue weighted by molar-refractivity contribution is 5.40. The summed E-state index contributed by atoms with van der Waals surface area (Å²) in [5.74, 6) is 5.18. The molecule has 90 valence electrons. The Hall–Kier alpha value is -1.53. The number of rotatable bonds is 2. The number of hydrogen-bond donors (Lipinski definition) is 1. The lowest BCUT2D eigenvalue weighted by Crippen LogP contribution is -2.11. The van der Waals surface area contributed by atoms with E-state index in [0.717, 1.165) is 25.7 Å². The summed E-state index contributed by atoms with van der Waals surface area (Å²) in [7, 11) is 0. The van der Waals surface area contributed by atoms with E-state index in [1.165, 1.54) is 6.07 Å². The van der Waals surface area contributed by atoms with Crippen molar-refractivity contribution in [2.75, 3.05) is 6.61 Å². The predicted octanol–water partition coefficient (Wildman–Crippen LogP) is 2.49. The topological polar surface area (TPSA) is 29.5 Å². The van der Waals surface area contributed by atoms with Crippen LogP contribution in [0.1, 0.15) is 31.2 Å². The number of benzene rings is 1. The van der Waals surface area contributed by atoms with Crippen LogP contribution in [0.15, 0.2) is 18.2 Å². The van der Waals surface area contributed by atoms with E-state index in [4.69, 9.17) is 9.84 Å². The van der Waals surface area contributed by atoms with Crippen molar-refractivity contribution in [3.8, 4) is 17.6 Å². The van der Waals surface area contributed by atoms with E-state index >= 15 is 0 Å². The Morgan fingerprint density at radius 2 is 2.12 bits per heavy atom. The largest absolute Gasteiger partial charge is 0.487 e. The number of aliphatic hydroxyl groups is 1. The normalized spacial score (nSPS) is 15.4. The van der Waals surface area contributed by atoms with Gasteiger partial charge in [0.2, 0.25) is 0 Å². The molecule has 0 aromatic heterocycles. The van der Waals surface area contributed by atoms with Crippen molar-refractivity contribution in [3.05, 3.63) is 29.6 Å². The first-order valence-electron chi connectivity index (χ1n) is 5.85. The molecule has 0 saturated heterocycles. The van der Waals surface area contributed by atoms with E-state index in [0.29, 0.717) is 5.56 Å². The van der Waals surface area contributed by atoms with E-state index < -0.39 is 0 Å². The molecule has 0 unspecified atom stereocenters. The molecule has 1 fully saturated rings. The van der Waals surface area contributed by atoms with Gasteiger partial charge in [-0.15, -0.1) is 0 Å². The van der Waals surface area contributed by atoms with Gasteiger partial charge in [-0.25, -0.2) is 4.39 Å². The van der Waals surface area contributed by atoms with Gasteiger partial charge in [-0.2, -0.15) is 0 Å². The molecule has 0 heterocycles. The molecule has 0 radical (unpaired) electrons. The summed E-state index contributed by atoms with van der Waals surface area (Å²) in [6.07, 6.45) is 4.41. The van der Waals surface area contributed by atoms with E-state index in [9.17, 15) is 4.39 Å². The molecule has 1 aliphatic carbocycles. The molecule has 1 aromatic carbocycles. The highest BCUT2D eigenvalue weighted by Crippen LogP contribution is 2.26. The smallest absolute Gasteiger partial charge is 0.165 e. The van der Waals surface area contributed by atoms with Gasteiger partial charge < -0.3 is 9.84 Å². The molecule has 1 aromatic rings. The van der Waals surface area contributed by atoms with Crippen molar-refractivity contribution in [1.29, 1.82) is 0 Å². The van der Waals surface area contributed by atoms with Crippen LogP contribution < -0.4 is 4.74 Å². The molecule has 0 atom stereocenters. The van der Waals surface area contributed by atoms with E-state index in [-0.39, 0.29) is 24.3 Å². The Balaban J connectivity index is 2.13. The zero-order valence-electron chi connectivity index (χ0n) is 9.58. The fourth-order valence-corrected chi connectivity index (χ4v) is 2.00. The van der Waals surface area contributed by atoms with Gasteiger partial charge in [-0.05, 0) is 43.9 Å². The average Bonchev–Trinajstić information content (AvgIpc) is 2.83. The Labute approximate surface area is 100 Å². The second-order valence-corrected chi connectivity index (χ2v) is 4.13. The van der Waals surface area contributed by atoms with Gasteiger partial charge in [0, 0.05) is 5.56 Å². The third-order valence-corrected chi connectivity index (χ3v) is 2.84. The number of hydrogen-bond acceptors (Lipinski definition) is 2. The van der Waals surface area contributed by atoms with E-state index in [1.807, 2.05) is 0 Å². The van der Waals surface area contributed by atoms with Gasteiger partial charge in [0.1, 0.15) is 6.61 Å². The van der Waals surface area contributed by atoms with Crippen LogP contribution in [0.5, 0.6) is 5.75 Å². The number of aliphatic hydroxyl groups excluding tert-OH is 1. The molecule has 1 aliphatic rings. The minimum absolute atomic E-state index is 0.130. The molecule has 2 nitrogen and oxygen atoms in total. The van der Waals surface area contributed by atoms with Gasteiger partial charge in [0.05, 0.1) is 6.10 Å². The number of ether oxygens (including phenoxy) is 1. The van der Waals surface area contributed by atoms with Crippen LogP contribution >= 0.6 is 0 Å². The maximum atomic E-state index is 13.5. The highest BCUT2D eigenvalue weighted by atomic mass is 19.1. The molecule has 0 amide bonds. The minimum Gasteiger partial charge on any atom is -0.487 e. The molecule has 0 spiro atoms. The highest BCUT2D eigenvalue weighted by Gasteiger charge is 2.18. The van der Waals surface area contributed by atoms with Crippen molar-refractivity contribution in [1.82, 2.24) is 0 Å². The second kappa shape index (κ2) is 5.70. The van der Waals surface area contributed by atoms with Crippen LogP contribution in [0.2, 0.25) is 0 Å². The van der Waals surface area contributed by atoms with Crippen LogP contribution in [0.4, 0.5) is 4.39 Å². The van der Waals surface area contributed by atoms with Gasteiger partial charge >= 0.3 is 0 Å². The lowest BCUT2D eigenvalue weighted by molar-refractivity contribution is 0.200. The molecule has 2 rings (SSSR count). The summed E-state index contributed by atoms with van der Waals surface area (Å²) in [5, 5.41) is 8.60. The summed E-state index contributed by atoms with van der Waals surface area (Å²) < 4.78 is 19.1. The molecule has 17 heavy (non-hydrogen) atoms. The zero-order valence-corrected chi connectivity index (χ0v) is 9.58. The lowest BCUT2D eigenvalue weighted by atomic mass is 10.2. The molecule has 1 saturated carbocycles. The van der Waals surface area contributed by atoms with Crippen molar-refractivity contribution in [3.63, 3.8) is 0 Å². The quantitative estimate of drug-likeness (QED) is 0.797. The Morgan fingerprint density at radius 3 is 2.82 bits per heavy atom. The van der Waals surface area contributed by atoms with Crippen LogP contribution in [0.3, 0.4) is 0 Å². The van der Waals surface area contributed by atoms with Gasteiger partial charge in [-0.1, -0.05) is 11.8 Å². The molecule has 1 N–H and O–H groups in total. The second-order valence-electron chi connectivity index (χ2n) is 4.13. The summed E-state index contributed by atoms with van der Waals surface area (Å²) in [6.45, 7) is -0.198. The van der Waals surface area contributed by atoms with Crippen LogP contribution in [0, 0.1) is 17.7 Å². The maximum absolute atomic E-state index is 13.5. The van der Waals surface area contributed by atoms with Gasteiger partial charge in [0.25, 0.3) is 0 Å². The Kier molecular flexibility index (Phi) is 4.00. The Morgan fingerprint density at radius 1 is 1.35 bits per heavy atom. The van der Waals surface area contributed by atoms with Crippen molar-refractivity contribution >= 4 is 0 Å². The average molecular weight is 234 g/mol. The van der Waals surface area contributed by atoms with Crippen molar-refractivity contribution in [2.24, 2.45) is 0 Å². The fourth-order valence-electron chi connectivity index (χ4n) is 2.00. The van der Waals surface area contributed by atoms with Crippen LogP contribution in [0.25, 0.3) is 0 Å². The third kappa shape index (κ3) is 3.21. The third-order valence-electron chi connectivity index (χ3n) is 2.84. The molecule has 0 bridgehead atoms.